The number of aryl methyl sites for hydroxylation is 2. The molecule has 1 rings (SSSR count). The second-order valence-corrected chi connectivity index (χ2v) is 3.00. The summed E-state index contributed by atoms with van der Waals surface area (Å²) in [6.07, 6.45) is 0. The molecule has 1 N–H and O–H groups in total. The van der Waals surface area contributed by atoms with Crippen LogP contribution < -0.4 is 0 Å². The molecule has 0 atom stereocenters. The molecule has 2 nitrogen and oxygen atoms in total. The van der Waals surface area contributed by atoms with E-state index in [4.69, 9.17) is 0 Å². The van der Waals surface area contributed by atoms with Crippen molar-refractivity contribution >= 4 is 0 Å². The van der Waals surface area contributed by atoms with Gasteiger partial charge in [-0.3, -0.25) is 5.10 Å². The molecular weight excluding hydrogens is 124 g/mol. The first-order valence-electron chi connectivity index (χ1n) is 3.64. The maximum absolute atomic E-state index is 4.11. The highest BCUT2D eigenvalue weighted by Crippen LogP contribution is 2.19. The smallest absolute Gasteiger partial charge is 0.0628 e. The fourth-order valence-corrected chi connectivity index (χ4v) is 1.41. The first kappa shape index (κ1) is 7.32. The zero-order valence-electron chi connectivity index (χ0n) is 7.02. The van der Waals surface area contributed by atoms with E-state index < -0.39 is 0 Å². The van der Waals surface area contributed by atoms with Crippen LogP contribution >= 0.6 is 0 Å². The van der Waals surface area contributed by atoms with E-state index >= 15 is 0 Å². The number of rotatable bonds is 1. The second-order valence-electron chi connectivity index (χ2n) is 3.00. The summed E-state index contributed by atoms with van der Waals surface area (Å²) in [7, 11) is 0. The molecule has 0 spiro atoms. The highest BCUT2D eigenvalue weighted by molar-refractivity contribution is 5.26. The first-order chi connectivity index (χ1) is 4.63. The van der Waals surface area contributed by atoms with Crippen LogP contribution in [0, 0.1) is 13.8 Å². The predicted octanol–water partition coefficient (Wildman–Crippen LogP) is 2.40. The van der Waals surface area contributed by atoms with Gasteiger partial charge in [-0.05, 0) is 25.3 Å². The monoisotopic (exact) mass is 140 g/mol. The summed E-state index contributed by atoms with van der Waals surface area (Å²) in [5, 5.41) is 7.08. The normalized spacial score (nSPS) is 10.9. The minimum Gasteiger partial charge on any atom is -0.282 e. The number of hydrogen-bond donors (Lipinski definition) is 1. The molecule has 1 aromatic rings. The lowest BCUT2D eigenvalue weighted by atomic mass is 10.0. The first-order valence-corrected chi connectivity index (χ1v) is 3.64. The maximum atomic E-state index is 4.11. The average Bonchev–Trinajstić information content (AvgIpc) is 2.11. The van der Waals surface area contributed by atoms with Gasteiger partial charge >= 0.3 is 0 Å². The molecule has 0 bridgehead atoms. The van der Waals surface area contributed by atoms with Crippen LogP contribution in [0.5, 0.6) is 0 Å². The molecule has 1 heterocycles. The Morgan fingerprint density at radius 3 is 2.20 bits per heavy atom. The molecule has 0 fully saturated rings. The lowest BCUT2D eigenvalue weighted by molar-refractivity contribution is 0.848. The third-order valence-corrected chi connectivity index (χ3v) is 1.76. The predicted molar refractivity (Wildman–Crippen MR) is 44.3 cm³/mol. The minimum atomic E-state index is 0. The fraction of sp³-hybridized carbons (Fsp3) is 0.625. The van der Waals surface area contributed by atoms with Crippen LogP contribution in [0.4, 0.5) is 0 Å². The third-order valence-electron chi connectivity index (χ3n) is 1.76. The molecule has 0 aliphatic rings. The van der Waals surface area contributed by atoms with Crippen molar-refractivity contribution in [2.45, 2.75) is 33.6 Å². The Bertz CT molecular complexity index is 208. The summed E-state index contributed by atoms with van der Waals surface area (Å²) in [6.45, 7) is 8.48. The molecule has 58 valence electrons. The number of nitrogens with one attached hydrogen (secondary N) is 1. The molecule has 0 saturated heterocycles. The average molecular weight is 140 g/mol. The van der Waals surface area contributed by atoms with Crippen molar-refractivity contribution in [3.8, 4) is 0 Å². The van der Waals surface area contributed by atoms with Gasteiger partial charge < -0.3 is 0 Å². The van der Waals surface area contributed by atoms with Crippen molar-refractivity contribution in [1.82, 2.24) is 10.2 Å². The van der Waals surface area contributed by atoms with Gasteiger partial charge in [0.1, 0.15) is 0 Å². The summed E-state index contributed by atoms with van der Waals surface area (Å²) in [4.78, 5) is 0. The molecule has 0 unspecified atom stereocenters. The Kier molecular flexibility index (Phi) is 1.79. The van der Waals surface area contributed by atoms with Crippen molar-refractivity contribution in [3.63, 3.8) is 0 Å². The van der Waals surface area contributed by atoms with E-state index in [0.717, 1.165) is 5.69 Å². The summed E-state index contributed by atoms with van der Waals surface area (Å²) in [5.41, 5.74) is 3.69. The zero-order valence-corrected chi connectivity index (χ0v) is 7.02. The van der Waals surface area contributed by atoms with E-state index in [9.17, 15) is 0 Å². The van der Waals surface area contributed by atoms with E-state index in [1.54, 1.807) is 0 Å². The topological polar surface area (TPSA) is 28.7 Å². The van der Waals surface area contributed by atoms with Crippen molar-refractivity contribution in [2.24, 2.45) is 0 Å². The lowest BCUT2D eigenvalue weighted by Crippen LogP contribution is -1.90. The quantitative estimate of drug-likeness (QED) is 0.637. The highest BCUT2D eigenvalue weighted by Gasteiger charge is 2.08. The Morgan fingerprint density at radius 2 is 2.00 bits per heavy atom. The number of hydrogen-bond acceptors (Lipinski definition) is 1. The van der Waals surface area contributed by atoms with Gasteiger partial charge in [0, 0.05) is 7.12 Å². The molecular formula is C8H16N2. The van der Waals surface area contributed by atoms with Gasteiger partial charge in [-0.1, -0.05) is 13.8 Å². The minimum absolute atomic E-state index is 0. The lowest BCUT2D eigenvalue weighted by Gasteiger charge is -2.02. The summed E-state index contributed by atoms with van der Waals surface area (Å²) in [5.74, 6) is 0.582. The molecule has 0 amide bonds. The van der Waals surface area contributed by atoms with Gasteiger partial charge in [-0.2, -0.15) is 5.10 Å². The van der Waals surface area contributed by atoms with Crippen LogP contribution in [-0.2, 0) is 0 Å². The summed E-state index contributed by atoms with van der Waals surface area (Å²) >= 11 is 0. The number of aromatic nitrogens is 2. The van der Waals surface area contributed by atoms with E-state index in [0.29, 0.717) is 5.92 Å². The van der Waals surface area contributed by atoms with Crippen LogP contribution in [0.3, 0.4) is 0 Å². The molecule has 0 radical (unpaired) electrons. The third kappa shape index (κ3) is 1.06. The van der Waals surface area contributed by atoms with Crippen LogP contribution in [0.25, 0.3) is 0 Å². The van der Waals surface area contributed by atoms with Crippen molar-refractivity contribution < 1.29 is 1.43 Å². The summed E-state index contributed by atoms with van der Waals surface area (Å²) < 4.78 is 0. The SMILES string of the molecule is Cc1n[nH]c(C)c1C(C)C.[HH]. The zero-order chi connectivity index (χ0) is 7.72. The second kappa shape index (κ2) is 2.45. The van der Waals surface area contributed by atoms with Gasteiger partial charge in [-0.15, -0.1) is 0 Å². The highest BCUT2D eigenvalue weighted by atomic mass is 15.1. The van der Waals surface area contributed by atoms with Gasteiger partial charge in [0.2, 0.25) is 0 Å². The number of nitrogens with zero attached hydrogens (tertiary/aromatic N) is 1. The van der Waals surface area contributed by atoms with E-state index in [-0.39, 0.29) is 1.43 Å². The van der Waals surface area contributed by atoms with Gasteiger partial charge in [0.05, 0.1) is 5.69 Å². The van der Waals surface area contributed by atoms with E-state index in [1.165, 1.54) is 11.3 Å². The van der Waals surface area contributed by atoms with Gasteiger partial charge in [0.25, 0.3) is 0 Å². The van der Waals surface area contributed by atoms with Crippen molar-refractivity contribution in [3.05, 3.63) is 17.0 Å². The molecule has 2 heteroatoms. The van der Waals surface area contributed by atoms with Gasteiger partial charge in [-0.25, -0.2) is 0 Å². The molecule has 10 heavy (non-hydrogen) atoms. The summed E-state index contributed by atoms with van der Waals surface area (Å²) in [6, 6.07) is 0. The van der Waals surface area contributed by atoms with E-state index in [1.807, 2.05) is 6.92 Å². The standard InChI is InChI=1S/C8H14N2.H2/c1-5(2)8-6(3)9-10-7(8)4;/h5H,1-4H3,(H,9,10);1H. The maximum Gasteiger partial charge on any atom is 0.0628 e. The van der Waals surface area contributed by atoms with Gasteiger partial charge in [0.15, 0.2) is 0 Å². The Morgan fingerprint density at radius 1 is 1.40 bits per heavy atom. The fourth-order valence-electron chi connectivity index (χ4n) is 1.41. The van der Waals surface area contributed by atoms with Crippen LogP contribution in [0.15, 0.2) is 0 Å². The Hall–Kier alpha value is -0.790. The molecule has 0 aliphatic carbocycles. The molecule has 0 aromatic carbocycles. The van der Waals surface area contributed by atoms with Crippen LogP contribution in [0.1, 0.15) is 38.1 Å². The van der Waals surface area contributed by atoms with Crippen molar-refractivity contribution in [1.29, 1.82) is 0 Å². The van der Waals surface area contributed by atoms with Crippen LogP contribution in [-0.4, -0.2) is 10.2 Å². The van der Waals surface area contributed by atoms with Crippen molar-refractivity contribution in [2.75, 3.05) is 0 Å². The number of aromatic amines is 1. The number of H-pyrrole nitrogens is 1. The molecule has 0 aliphatic heterocycles. The van der Waals surface area contributed by atoms with E-state index in [2.05, 4.69) is 31.0 Å². The Labute approximate surface area is 63.1 Å². The molecule has 0 saturated carbocycles. The van der Waals surface area contributed by atoms with Crippen LogP contribution in [0.2, 0.25) is 0 Å². The Balaban J connectivity index is 0.000001000. The molecule has 1 aromatic heterocycles. The largest absolute Gasteiger partial charge is 0.282 e.